The molecule has 2 atom stereocenters. The van der Waals surface area contributed by atoms with Crippen molar-refractivity contribution in [2.75, 3.05) is 5.32 Å². The molecule has 5 nitrogen and oxygen atoms in total. The lowest BCUT2D eigenvalue weighted by Gasteiger charge is -2.29. The highest BCUT2D eigenvalue weighted by Crippen LogP contribution is 2.22. The quantitative estimate of drug-likeness (QED) is 0.564. The molecule has 0 bridgehead atoms. The number of carbonyl (C=O) groups is 1. The van der Waals surface area contributed by atoms with Gasteiger partial charge in [-0.15, -0.1) is 0 Å². The van der Waals surface area contributed by atoms with E-state index in [1.54, 1.807) is 0 Å². The van der Waals surface area contributed by atoms with Gasteiger partial charge in [0.1, 0.15) is 0 Å². The van der Waals surface area contributed by atoms with Gasteiger partial charge in [-0.05, 0) is 42.4 Å². The van der Waals surface area contributed by atoms with Crippen molar-refractivity contribution in [2.24, 2.45) is 0 Å². The fourth-order valence-electron chi connectivity index (χ4n) is 4.07. The molecule has 150 valence electrons. The molecule has 2 aromatic carbocycles. The van der Waals surface area contributed by atoms with E-state index in [0.29, 0.717) is 11.9 Å². The van der Waals surface area contributed by atoms with E-state index in [2.05, 4.69) is 52.0 Å². The Morgan fingerprint density at radius 2 is 1.90 bits per heavy atom. The molecule has 5 heteroatoms. The van der Waals surface area contributed by atoms with Crippen LogP contribution in [0, 0.1) is 0 Å². The first-order chi connectivity index (χ1) is 14.2. The van der Waals surface area contributed by atoms with E-state index in [4.69, 9.17) is 0 Å². The van der Waals surface area contributed by atoms with E-state index in [1.165, 1.54) is 11.1 Å². The van der Waals surface area contributed by atoms with E-state index < -0.39 is 0 Å². The Morgan fingerprint density at radius 1 is 1.14 bits per heavy atom. The molecule has 0 saturated heterocycles. The lowest BCUT2D eigenvalue weighted by atomic mass is 9.88. The predicted octanol–water partition coefficient (Wildman–Crippen LogP) is 4.33. The number of hydrogen-bond donors (Lipinski definition) is 3. The first kappa shape index (κ1) is 19.4. The van der Waals surface area contributed by atoms with E-state index in [0.717, 1.165) is 43.4 Å². The lowest BCUT2D eigenvalue weighted by Crippen LogP contribution is -2.47. The lowest BCUT2D eigenvalue weighted by molar-refractivity contribution is -0.118. The molecule has 1 aliphatic carbocycles. The van der Waals surface area contributed by atoms with Crippen LogP contribution in [-0.2, 0) is 17.6 Å². The van der Waals surface area contributed by atoms with Gasteiger partial charge in [0.2, 0.25) is 5.91 Å². The molecule has 1 aliphatic rings. The van der Waals surface area contributed by atoms with Crippen molar-refractivity contribution in [3.05, 3.63) is 71.8 Å². The summed E-state index contributed by atoms with van der Waals surface area (Å²) in [6.45, 7) is 2.11. The largest absolute Gasteiger partial charge is 0.308 e. The number of anilines is 1. The van der Waals surface area contributed by atoms with Crippen LogP contribution in [0.3, 0.4) is 0 Å². The molecule has 0 aliphatic heterocycles. The molecule has 29 heavy (non-hydrogen) atoms. The number of aryl methyl sites for hydroxylation is 1. The minimum Gasteiger partial charge on any atom is -0.308 e. The number of fused-ring (bicyclic) bond motifs is 1. The van der Waals surface area contributed by atoms with Crippen LogP contribution in [0.5, 0.6) is 0 Å². The van der Waals surface area contributed by atoms with Crippen molar-refractivity contribution in [3.63, 3.8) is 0 Å². The Balaban J connectivity index is 1.40. The zero-order valence-electron chi connectivity index (χ0n) is 16.8. The number of rotatable bonds is 7. The molecular formula is C24H28N4O. The molecule has 0 fully saturated rings. The van der Waals surface area contributed by atoms with Gasteiger partial charge in [0, 0.05) is 12.1 Å². The molecule has 1 heterocycles. The molecule has 4 rings (SSSR count). The summed E-state index contributed by atoms with van der Waals surface area (Å²) in [6, 6.07) is 20.6. The van der Waals surface area contributed by atoms with Gasteiger partial charge in [0.05, 0.1) is 11.7 Å². The van der Waals surface area contributed by atoms with Gasteiger partial charge in [-0.3, -0.25) is 9.89 Å². The van der Waals surface area contributed by atoms with Gasteiger partial charge in [-0.25, -0.2) is 0 Å². The summed E-state index contributed by atoms with van der Waals surface area (Å²) in [5, 5.41) is 13.9. The Labute approximate surface area is 171 Å². The van der Waals surface area contributed by atoms with E-state index in [-0.39, 0.29) is 11.9 Å². The summed E-state index contributed by atoms with van der Waals surface area (Å²) >= 11 is 0. The molecule has 1 amide bonds. The number of aromatic nitrogens is 2. The molecule has 3 aromatic rings. The molecule has 1 unspecified atom stereocenters. The Bertz CT molecular complexity index is 950. The second kappa shape index (κ2) is 9.05. The Hall–Kier alpha value is -2.92. The average Bonchev–Trinajstić information content (AvgIpc) is 3.22. The number of aromatic amines is 1. The second-order valence-electron chi connectivity index (χ2n) is 7.74. The number of hydrogen-bond acceptors (Lipinski definition) is 3. The van der Waals surface area contributed by atoms with Crippen LogP contribution in [0.4, 0.5) is 5.82 Å². The third-order valence-electron chi connectivity index (χ3n) is 5.59. The van der Waals surface area contributed by atoms with Gasteiger partial charge in [0.15, 0.2) is 5.82 Å². The fourth-order valence-corrected chi connectivity index (χ4v) is 4.07. The number of carbonyl (C=O) groups excluding carboxylic acids is 1. The van der Waals surface area contributed by atoms with Crippen LogP contribution < -0.4 is 10.6 Å². The van der Waals surface area contributed by atoms with E-state index >= 15 is 0 Å². The maximum atomic E-state index is 12.9. The van der Waals surface area contributed by atoms with Crippen molar-refractivity contribution in [1.82, 2.24) is 15.5 Å². The van der Waals surface area contributed by atoms with Crippen molar-refractivity contribution in [2.45, 2.75) is 51.1 Å². The third-order valence-corrected chi connectivity index (χ3v) is 5.59. The molecule has 0 saturated carbocycles. The molecular weight excluding hydrogens is 360 g/mol. The highest BCUT2D eigenvalue weighted by molar-refractivity contribution is 5.94. The maximum absolute atomic E-state index is 12.9. The minimum atomic E-state index is -0.216. The zero-order chi connectivity index (χ0) is 20.1. The highest BCUT2D eigenvalue weighted by Gasteiger charge is 2.25. The predicted molar refractivity (Wildman–Crippen MR) is 117 cm³/mol. The number of nitrogens with zero attached hydrogens (tertiary/aromatic N) is 1. The van der Waals surface area contributed by atoms with Gasteiger partial charge in [-0.1, -0.05) is 67.9 Å². The molecule has 1 aromatic heterocycles. The minimum absolute atomic E-state index is 0.0168. The van der Waals surface area contributed by atoms with Gasteiger partial charge < -0.3 is 10.6 Å². The van der Waals surface area contributed by atoms with Crippen molar-refractivity contribution >= 4 is 11.7 Å². The summed E-state index contributed by atoms with van der Waals surface area (Å²) < 4.78 is 0. The van der Waals surface area contributed by atoms with Gasteiger partial charge >= 0.3 is 0 Å². The smallest absolute Gasteiger partial charge is 0.242 e. The number of H-pyrrole nitrogens is 1. The summed E-state index contributed by atoms with van der Waals surface area (Å²) in [4.78, 5) is 12.9. The van der Waals surface area contributed by atoms with Gasteiger partial charge in [0.25, 0.3) is 0 Å². The van der Waals surface area contributed by atoms with Crippen molar-refractivity contribution in [3.8, 4) is 11.3 Å². The average molecular weight is 389 g/mol. The van der Waals surface area contributed by atoms with Crippen LogP contribution in [0.1, 0.15) is 37.3 Å². The van der Waals surface area contributed by atoms with Crippen LogP contribution in [0.2, 0.25) is 0 Å². The van der Waals surface area contributed by atoms with Gasteiger partial charge in [-0.2, -0.15) is 5.10 Å². The number of nitrogens with one attached hydrogen (secondary N) is 3. The summed E-state index contributed by atoms with van der Waals surface area (Å²) in [5.41, 5.74) is 4.77. The first-order valence-corrected chi connectivity index (χ1v) is 10.5. The SMILES string of the molecule is CCC[C@H](NC1CCc2ccccc2C1)C(=O)Nc1cc(-c2ccccc2)[nH]n1. The second-order valence-corrected chi connectivity index (χ2v) is 7.74. The van der Waals surface area contributed by atoms with Crippen LogP contribution in [-0.4, -0.2) is 28.2 Å². The number of benzene rings is 2. The zero-order valence-corrected chi connectivity index (χ0v) is 16.8. The van der Waals surface area contributed by atoms with E-state index in [1.807, 2.05) is 36.4 Å². The summed E-state index contributed by atoms with van der Waals surface area (Å²) in [6.07, 6.45) is 4.85. The standard InChI is InChI=1S/C24H28N4O/c1-2-8-21(25-20-14-13-17-9-6-7-12-19(17)15-20)24(29)26-23-16-22(27-28-23)18-10-4-3-5-11-18/h3-7,9-12,16,20-21,25H,2,8,13-15H2,1H3,(H2,26,27,28,29)/t20?,21-/m0/s1. The highest BCUT2D eigenvalue weighted by atomic mass is 16.2. The third kappa shape index (κ3) is 4.74. The number of amides is 1. The molecule has 3 N–H and O–H groups in total. The topological polar surface area (TPSA) is 69.8 Å². The Kier molecular flexibility index (Phi) is 6.06. The van der Waals surface area contributed by atoms with Crippen LogP contribution in [0.15, 0.2) is 60.7 Å². The van der Waals surface area contributed by atoms with Crippen LogP contribution >= 0.6 is 0 Å². The van der Waals surface area contributed by atoms with Crippen molar-refractivity contribution < 1.29 is 4.79 Å². The molecule has 0 spiro atoms. The Morgan fingerprint density at radius 3 is 2.69 bits per heavy atom. The van der Waals surface area contributed by atoms with E-state index in [9.17, 15) is 4.79 Å². The maximum Gasteiger partial charge on any atom is 0.242 e. The monoisotopic (exact) mass is 388 g/mol. The van der Waals surface area contributed by atoms with Crippen molar-refractivity contribution in [1.29, 1.82) is 0 Å². The fraction of sp³-hybridized carbons (Fsp3) is 0.333. The summed E-state index contributed by atoms with van der Waals surface area (Å²) in [7, 11) is 0. The molecule has 0 radical (unpaired) electrons. The summed E-state index contributed by atoms with van der Waals surface area (Å²) in [5.74, 6) is 0.544. The first-order valence-electron chi connectivity index (χ1n) is 10.5. The van der Waals surface area contributed by atoms with Crippen LogP contribution in [0.25, 0.3) is 11.3 Å². The normalized spacial score (nSPS) is 16.8.